The van der Waals surface area contributed by atoms with E-state index in [1.54, 1.807) is 0 Å². The first-order valence-corrected chi connectivity index (χ1v) is 3.48. The Morgan fingerprint density at radius 2 is 2.31 bits per heavy atom. The molecule has 0 aromatic heterocycles. The number of amides is 1. The van der Waals surface area contributed by atoms with Gasteiger partial charge in [0.1, 0.15) is 0 Å². The minimum absolute atomic E-state index is 0.0525. The van der Waals surface area contributed by atoms with Crippen molar-refractivity contribution in [2.24, 2.45) is 0 Å². The highest BCUT2D eigenvalue weighted by Crippen LogP contribution is 2.34. The van der Waals surface area contributed by atoms with E-state index >= 15 is 0 Å². The van der Waals surface area contributed by atoms with Gasteiger partial charge < -0.3 is 10.1 Å². The van der Waals surface area contributed by atoms with E-state index in [0.29, 0.717) is 0 Å². The van der Waals surface area contributed by atoms with Crippen LogP contribution in [0.2, 0.25) is 0 Å². The van der Waals surface area contributed by atoms with Crippen molar-refractivity contribution in [3.8, 4) is 5.75 Å². The number of anilines is 1. The fourth-order valence-electron chi connectivity index (χ4n) is 0.982. The molecule has 0 saturated heterocycles. The smallest absolute Gasteiger partial charge is 0.423 e. The van der Waals surface area contributed by atoms with E-state index in [1.807, 2.05) is 5.32 Å². The number of carbonyl (C=O) groups excluding carboxylic acids is 1. The van der Waals surface area contributed by atoms with Crippen molar-refractivity contribution in [2.45, 2.75) is 6.11 Å². The van der Waals surface area contributed by atoms with Crippen molar-refractivity contribution < 1.29 is 18.3 Å². The molecule has 1 aromatic rings. The summed E-state index contributed by atoms with van der Waals surface area (Å²) in [6, 6.07) is 6.72. The van der Waals surface area contributed by atoms with Gasteiger partial charge in [-0.15, -0.1) is 0 Å². The third-order valence-electron chi connectivity index (χ3n) is 1.57. The molecule has 3 nitrogen and oxygen atoms in total. The number of benzene rings is 1. The van der Waals surface area contributed by atoms with Crippen molar-refractivity contribution in [1.82, 2.24) is 0 Å². The van der Waals surface area contributed by atoms with Crippen LogP contribution in [0.1, 0.15) is 0 Å². The molecule has 67 valence electrons. The highest BCUT2D eigenvalue weighted by atomic mass is 19.3. The number of carbonyl (C=O) groups is 1. The molecule has 0 unspecified atom stereocenters. The Morgan fingerprint density at radius 3 is 3.08 bits per heavy atom. The first kappa shape index (κ1) is 7.97. The summed E-state index contributed by atoms with van der Waals surface area (Å²) in [6.45, 7) is 0. The quantitative estimate of drug-likeness (QED) is 0.662. The minimum Gasteiger partial charge on any atom is -0.423 e. The van der Waals surface area contributed by atoms with Gasteiger partial charge in [-0.2, -0.15) is 8.78 Å². The molecule has 0 saturated carbocycles. The summed E-state index contributed by atoms with van der Waals surface area (Å²) < 4.78 is 29.4. The summed E-state index contributed by atoms with van der Waals surface area (Å²) in [5.41, 5.74) is 0.207. The van der Waals surface area contributed by atoms with Gasteiger partial charge in [-0.3, -0.25) is 4.79 Å². The Kier molecular flexibility index (Phi) is 1.48. The Hall–Kier alpha value is -1.65. The van der Waals surface area contributed by atoms with Crippen LogP contribution in [-0.4, -0.2) is 12.0 Å². The topological polar surface area (TPSA) is 38.3 Å². The van der Waals surface area contributed by atoms with Gasteiger partial charge in [-0.1, -0.05) is 6.07 Å². The molecule has 0 atom stereocenters. The Balaban J connectivity index is 2.44. The Morgan fingerprint density at radius 1 is 1.54 bits per heavy atom. The van der Waals surface area contributed by atoms with Crippen LogP contribution in [0.15, 0.2) is 18.2 Å². The highest BCUT2D eigenvalue weighted by molar-refractivity contribution is 5.98. The third kappa shape index (κ3) is 1.22. The molecule has 5 heteroatoms. The lowest BCUT2D eigenvalue weighted by molar-refractivity contribution is -0.189. The zero-order valence-electron chi connectivity index (χ0n) is 6.30. The predicted octanol–water partition coefficient (Wildman–Crippen LogP) is 1.41. The summed E-state index contributed by atoms with van der Waals surface area (Å²) in [6.07, 6.45) is -3.78. The van der Waals surface area contributed by atoms with Gasteiger partial charge >= 0.3 is 12.0 Å². The van der Waals surface area contributed by atoms with E-state index in [4.69, 9.17) is 0 Å². The molecule has 0 fully saturated rings. The second kappa shape index (κ2) is 2.42. The molecule has 1 aliphatic heterocycles. The maximum absolute atomic E-state index is 12.6. The lowest BCUT2D eigenvalue weighted by Gasteiger charge is -2.24. The first-order chi connectivity index (χ1) is 6.09. The molecule has 1 aliphatic rings. The standard InChI is InChI=1S/C8H4F2NO2/c9-8(10)7(12)11-5-3-1-2-4-6(5)13-8/h2-4H,(H,11,12). The van der Waals surface area contributed by atoms with E-state index < -0.39 is 12.0 Å². The summed E-state index contributed by atoms with van der Waals surface area (Å²) in [5, 5.41) is 2.00. The lowest BCUT2D eigenvalue weighted by atomic mass is 10.2. The maximum Gasteiger partial charge on any atom is 0.482 e. The molecule has 13 heavy (non-hydrogen) atoms. The zero-order chi connectivity index (χ0) is 9.47. The van der Waals surface area contributed by atoms with Crippen LogP contribution >= 0.6 is 0 Å². The SMILES string of the molecule is O=C1Nc2c[c]ccc2OC1(F)F. The van der Waals surface area contributed by atoms with Gasteiger partial charge in [-0.05, 0) is 18.2 Å². The van der Waals surface area contributed by atoms with Gasteiger partial charge in [0.15, 0.2) is 5.75 Å². The predicted molar refractivity (Wildman–Crippen MR) is 39.5 cm³/mol. The van der Waals surface area contributed by atoms with Crippen LogP contribution in [0.25, 0.3) is 0 Å². The fraction of sp³-hybridized carbons (Fsp3) is 0.125. The number of hydrogen-bond acceptors (Lipinski definition) is 2. The first-order valence-electron chi connectivity index (χ1n) is 3.48. The van der Waals surface area contributed by atoms with Crippen LogP contribution in [0.3, 0.4) is 0 Å². The molecule has 0 aliphatic carbocycles. The molecule has 1 N–H and O–H groups in total. The monoisotopic (exact) mass is 184 g/mol. The normalized spacial score (nSPS) is 18.5. The van der Waals surface area contributed by atoms with E-state index in [2.05, 4.69) is 10.8 Å². The number of nitrogens with one attached hydrogen (secondary N) is 1. The van der Waals surface area contributed by atoms with Crippen molar-refractivity contribution >= 4 is 11.6 Å². The summed E-state index contributed by atoms with van der Waals surface area (Å²) >= 11 is 0. The Bertz CT molecular complexity index is 365. The van der Waals surface area contributed by atoms with Crippen molar-refractivity contribution in [3.05, 3.63) is 24.3 Å². The number of hydrogen-bond donors (Lipinski definition) is 1. The zero-order valence-corrected chi connectivity index (χ0v) is 6.30. The number of rotatable bonds is 0. The summed E-state index contributed by atoms with van der Waals surface area (Å²) in [7, 11) is 0. The number of alkyl halides is 2. The van der Waals surface area contributed by atoms with E-state index in [0.717, 1.165) is 0 Å². The van der Waals surface area contributed by atoms with Crippen molar-refractivity contribution in [3.63, 3.8) is 0 Å². The molecule has 1 amide bonds. The molecule has 1 heterocycles. The van der Waals surface area contributed by atoms with Gasteiger partial charge in [-0.25, -0.2) is 0 Å². The van der Waals surface area contributed by atoms with Crippen LogP contribution in [0.4, 0.5) is 14.5 Å². The third-order valence-corrected chi connectivity index (χ3v) is 1.57. The molecule has 0 bridgehead atoms. The average Bonchev–Trinajstić information content (AvgIpc) is 2.06. The minimum atomic E-state index is -3.78. The molecule has 1 radical (unpaired) electrons. The fourth-order valence-corrected chi connectivity index (χ4v) is 0.982. The maximum atomic E-state index is 12.6. The van der Waals surface area contributed by atoms with Crippen LogP contribution < -0.4 is 10.1 Å². The molecule has 2 rings (SSSR count). The number of ether oxygens (including phenoxy) is 1. The van der Waals surface area contributed by atoms with Crippen LogP contribution in [0.5, 0.6) is 5.75 Å². The lowest BCUT2D eigenvalue weighted by Crippen LogP contribution is -2.43. The highest BCUT2D eigenvalue weighted by Gasteiger charge is 2.46. The molecule has 1 aromatic carbocycles. The average molecular weight is 184 g/mol. The molecular formula is C8H4F2NO2. The van der Waals surface area contributed by atoms with Gasteiger partial charge in [0.05, 0.1) is 5.69 Å². The van der Waals surface area contributed by atoms with Gasteiger partial charge in [0, 0.05) is 0 Å². The van der Waals surface area contributed by atoms with Crippen molar-refractivity contribution in [1.29, 1.82) is 0 Å². The number of halogens is 2. The van der Waals surface area contributed by atoms with E-state index in [9.17, 15) is 13.6 Å². The van der Waals surface area contributed by atoms with Gasteiger partial charge in [0.2, 0.25) is 0 Å². The second-order valence-corrected chi connectivity index (χ2v) is 2.50. The van der Waals surface area contributed by atoms with Crippen LogP contribution in [0, 0.1) is 6.07 Å². The van der Waals surface area contributed by atoms with E-state index in [1.165, 1.54) is 18.2 Å². The van der Waals surface area contributed by atoms with Crippen molar-refractivity contribution in [2.75, 3.05) is 5.32 Å². The van der Waals surface area contributed by atoms with E-state index in [-0.39, 0.29) is 11.4 Å². The number of fused-ring (bicyclic) bond motifs is 1. The Labute approximate surface area is 72.3 Å². The largest absolute Gasteiger partial charge is 0.482 e. The summed E-state index contributed by atoms with van der Waals surface area (Å²) in [4.78, 5) is 10.7. The molecular weight excluding hydrogens is 180 g/mol. The molecule has 0 spiro atoms. The van der Waals surface area contributed by atoms with Gasteiger partial charge in [0.25, 0.3) is 0 Å². The summed E-state index contributed by atoms with van der Waals surface area (Å²) in [5.74, 6) is -1.51. The second-order valence-electron chi connectivity index (χ2n) is 2.50. The van der Waals surface area contributed by atoms with Crippen LogP contribution in [-0.2, 0) is 4.79 Å².